The molecule has 0 fully saturated rings. The van der Waals surface area contributed by atoms with Crippen molar-refractivity contribution in [3.05, 3.63) is 21.4 Å². The van der Waals surface area contributed by atoms with Gasteiger partial charge in [0.1, 0.15) is 0 Å². The molecule has 0 spiro atoms. The van der Waals surface area contributed by atoms with Crippen LogP contribution < -0.4 is 5.32 Å². The van der Waals surface area contributed by atoms with Gasteiger partial charge in [0.05, 0.1) is 4.88 Å². The van der Waals surface area contributed by atoms with Gasteiger partial charge in [0.2, 0.25) is 0 Å². The summed E-state index contributed by atoms with van der Waals surface area (Å²) in [7, 11) is 0. The molecule has 1 aliphatic rings. The van der Waals surface area contributed by atoms with E-state index >= 15 is 0 Å². The number of amides is 1. The van der Waals surface area contributed by atoms with E-state index in [9.17, 15) is 4.79 Å². The normalized spacial score (nSPS) is 17.1. The van der Waals surface area contributed by atoms with Crippen LogP contribution in [0.4, 0.5) is 0 Å². The van der Waals surface area contributed by atoms with Gasteiger partial charge in [-0.05, 0) is 44.2 Å². The van der Waals surface area contributed by atoms with Gasteiger partial charge in [-0.3, -0.25) is 4.79 Å². The Morgan fingerprint density at radius 1 is 1.47 bits per heavy atom. The Balaban J connectivity index is 2.09. The van der Waals surface area contributed by atoms with Crippen molar-refractivity contribution < 1.29 is 4.79 Å². The van der Waals surface area contributed by atoms with E-state index in [-0.39, 0.29) is 11.9 Å². The minimum atomic E-state index is 0.0787. The van der Waals surface area contributed by atoms with E-state index in [0.717, 1.165) is 23.0 Å². The molecule has 1 aromatic rings. The van der Waals surface area contributed by atoms with Crippen molar-refractivity contribution in [1.29, 1.82) is 0 Å². The van der Waals surface area contributed by atoms with Gasteiger partial charge in [0.15, 0.2) is 0 Å². The SMILES string of the molecule is CC(CBr)NC(=O)c1cc2c(s1)CCCCC2. The smallest absolute Gasteiger partial charge is 0.261 e. The molecule has 1 N–H and O–H groups in total. The number of carbonyl (C=O) groups excluding carboxylic acids is 1. The molecule has 1 heterocycles. The Labute approximate surface area is 115 Å². The number of rotatable bonds is 3. The number of thiophene rings is 1. The molecule has 0 aromatic carbocycles. The number of nitrogens with one attached hydrogen (secondary N) is 1. The topological polar surface area (TPSA) is 29.1 Å². The van der Waals surface area contributed by atoms with Crippen molar-refractivity contribution >= 4 is 33.2 Å². The van der Waals surface area contributed by atoms with Crippen LogP contribution in [0.25, 0.3) is 0 Å². The molecule has 2 rings (SSSR count). The molecule has 0 bridgehead atoms. The lowest BCUT2D eigenvalue weighted by molar-refractivity contribution is 0.0948. The highest BCUT2D eigenvalue weighted by molar-refractivity contribution is 9.09. The molecule has 4 heteroatoms. The summed E-state index contributed by atoms with van der Waals surface area (Å²) in [4.78, 5) is 14.3. The molecule has 1 aromatic heterocycles. The maximum absolute atomic E-state index is 12.0. The number of hydrogen-bond acceptors (Lipinski definition) is 2. The van der Waals surface area contributed by atoms with Gasteiger partial charge in [-0.1, -0.05) is 22.4 Å². The number of carbonyl (C=O) groups is 1. The van der Waals surface area contributed by atoms with Gasteiger partial charge in [0, 0.05) is 16.2 Å². The van der Waals surface area contributed by atoms with Crippen molar-refractivity contribution in [1.82, 2.24) is 5.32 Å². The minimum absolute atomic E-state index is 0.0787. The summed E-state index contributed by atoms with van der Waals surface area (Å²) >= 11 is 5.05. The van der Waals surface area contributed by atoms with Crippen molar-refractivity contribution in [3.63, 3.8) is 0 Å². The standard InChI is InChI=1S/C13H18BrNOS/c1-9(8-14)15-13(16)12-7-10-5-3-2-4-6-11(10)17-12/h7,9H,2-6,8H2,1H3,(H,15,16). The number of aryl methyl sites for hydroxylation is 2. The van der Waals surface area contributed by atoms with Crippen LogP contribution in [0.2, 0.25) is 0 Å². The summed E-state index contributed by atoms with van der Waals surface area (Å²) < 4.78 is 0. The quantitative estimate of drug-likeness (QED) is 0.671. The van der Waals surface area contributed by atoms with E-state index in [2.05, 4.69) is 27.3 Å². The molecule has 17 heavy (non-hydrogen) atoms. The predicted molar refractivity (Wildman–Crippen MR) is 76.3 cm³/mol. The van der Waals surface area contributed by atoms with Gasteiger partial charge in [-0.2, -0.15) is 0 Å². The zero-order chi connectivity index (χ0) is 12.3. The second kappa shape index (κ2) is 6.01. The summed E-state index contributed by atoms with van der Waals surface area (Å²) in [5.74, 6) is 0.0787. The highest BCUT2D eigenvalue weighted by atomic mass is 79.9. The largest absolute Gasteiger partial charge is 0.348 e. The summed E-state index contributed by atoms with van der Waals surface area (Å²) in [5, 5.41) is 3.79. The first-order valence-corrected chi connectivity index (χ1v) is 8.13. The van der Waals surface area contributed by atoms with E-state index < -0.39 is 0 Å². The Bertz CT molecular complexity index is 379. The third-order valence-corrected chi connectivity index (χ3v) is 5.29. The highest BCUT2D eigenvalue weighted by Gasteiger charge is 2.17. The summed E-state index contributed by atoms with van der Waals surface area (Å²) in [6, 6.07) is 2.28. The van der Waals surface area contributed by atoms with Crippen molar-refractivity contribution in [2.24, 2.45) is 0 Å². The maximum atomic E-state index is 12.0. The van der Waals surface area contributed by atoms with Crippen LogP contribution >= 0.6 is 27.3 Å². The molecule has 0 radical (unpaired) electrons. The third-order valence-electron chi connectivity index (χ3n) is 3.08. The van der Waals surface area contributed by atoms with Gasteiger partial charge in [-0.25, -0.2) is 0 Å². The second-order valence-electron chi connectivity index (χ2n) is 4.65. The first-order valence-electron chi connectivity index (χ1n) is 6.19. The van der Waals surface area contributed by atoms with Gasteiger partial charge in [0.25, 0.3) is 5.91 Å². The fraction of sp³-hybridized carbons (Fsp3) is 0.615. The zero-order valence-corrected chi connectivity index (χ0v) is 12.5. The van der Waals surface area contributed by atoms with Crippen LogP contribution in [-0.4, -0.2) is 17.3 Å². The summed E-state index contributed by atoms with van der Waals surface area (Å²) in [6.07, 6.45) is 6.16. The van der Waals surface area contributed by atoms with E-state index in [1.165, 1.54) is 29.7 Å². The predicted octanol–water partition coefficient (Wildman–Crippen LogP) is 3.53. The number of hydrogen-bond donors (Lipinski definition) is 1. The Morgan fingerprint density at radius 3 is 3.00 bits per heavy atom. The first kappa shape index (κ1) is 13.1. The summed E-state index contributed by atoms with van der Waals surface area (Å²) in [6.45, 7) is 2.01. The van der Waals surface area contributed by atoms with Crippen LogP contribution in [0.15, 0.2) is 6.07 Å². The minimum Gasteiger partial charge on any atom is -0.348 e. The van der Waals surface area contributed by atoms with E-state index in [1.54, 1.807) is 11.3 Å². The summed E-state index contributed by atoms with van der Waals surface area (Å²) in [5.41, 5.74) is 1.41. The molecular weight excluding hydrogens is 298 g/mol. The molecule has 1 unspecified atom stereocenters. The average molecular weight is 316 g/mol. The van der Waals surface area contributed by atoms with Gasteiger partial charge in [-0.15, -0.1) is 11.3 Å². The van der Waals surface area contributed by atoms with Crippen molar-refractivity contribution in [2.45, 2.75) is 45.1 Å². The van der Waals surface area contributed by atoms with Gasteiger partial charge >= 0.3 is 0 Å². The van der Waals surface area contributed by atoms with Crippen LogP contribution in [-0.2, 0) is 12.8 Å². The van der Waals surface area contributed by atoms with Crippen LogP contribution in [0, 0.1) is 0 Å². The molecule has 1 aliphatic carbocycles. The highest BCUT2D eigenvalue weighted by Crippen LogP contribution is 2.28. The first-order chi connectivity index (χ1) is 8.20. The fourth-order valence-electron chi connectivity index (χ4n) is 2.11. The molecule has 0 saturated carbocycles. The van der Waals surface area contributed by atoms with E-state index in [4.69, 9.17) is 0 Å². The van der Waals surface area contributed by atoms with Crippen molar-refractivity contribution in [3.8, 4) is 0 Å². The molecule has 94 valence electrons. The van der Waals surface area contributed by atoms with Gasteiger partial charge < -0.3 is 5.32 Å². The molecular formula is C13H18BrNOS. The second-order valence-corrected chi connectivity index (χ2v) is 6.43. The number of fused-ring (bicyclic) bond motifs is 1. The average Bonchev–Trinajstić information content (AvgIpc) is 2.61. The number of alkyl halides is 1. The van der Waals surface area contributed by atoms with Crippen LogP contribution in [0.1, 0.15) is 46.3 Å². The van der Waals surface area contributed by atoms with Crippen LogP contribution in [0.5, 0.6) is 0 Å². The Kier molecular flexibility index (Phi) is 4.62. The lowest BCUT2D eigenvalue weighted by Gasteiger charge is -2.08. The molecule has 2 nitrogen and oxygen atoms in total. The molecule has 1 atom stereocenters. The monoisotopic (exact) mass is 315 g/mol. The molecule has 0 aliphatic heterocycles. The zero-order valence-electron chi connectivity index (χ0n) is 10.1. The fourth-order valence-corrected chi connectivity index (χ4v) is 3.43. The lowest BCUT2D eigenvalue weighted by Crippen LogP contribution is -2.33. The van der Waals surface area contributed by atoms with E-state index in [1.807, 2.05) is 6.92 Å². The lowest BCUT2D eigenvalue weighted by atomic mass is 10.1. The van der Waals surface area contributed by atoms with E-state index in [0.29, 0.717) is 0 Å². The molecule has 0 saturated heterocycles. The molecule has 1 amide bonds. The van der Waals surface area contributed by atoms with Crippen molar-refractivity contribution in [2.75, 3.05) is 5.33 Å². The maximum Gasteiger partial charge on any atom is 0.261 e. The van der Waals surface area contributed by atoms with Crippen LogP contribution in [0.3, 0.4) is 0 Å². The Morgan fingerprint density at radius 2 is 2.24 bits per heavy atom. The third kappa shape index (κ3) is 3.32. The Hall–Kier alpha value is -0.350. The number of halogens is 1.